The van der Waals surface area contributed by atoms with E-state index in [1.807, 2.05) is 6.07 Å². The van der Waals surface area contributed by atoms with Crippen molar-refractivity contribution in [1.29, 1.82) is 0 Å². The smallest absolute Gasteiger partial charge is 0.180 e. The van der Waals surface area contributed by atoms with E-state index in [0.29, 0.717) is 12.4 Å². The molecule has 0 unspecified atom stereocenters. The largest absolute Gasteiger partial charge is 0.324 e. The quantitative estimate of drug-likeness (QED) is 0.783. The Morgan fingerprint density at radius 2 is 2.43 bits per heavy atom. The van der Waals surface area contributed by atoms with Gasteiger partial charge in [-0.3, -0.25) is 0 Å². The lowest BCUT2D eigenvalue weighted by atomic mass is 10.5. The molecule has 2 heterocycles. The third-order valence-electron chi connectivity index (χ3n) is 1.39. The standard InChI is InChI=1S/C7H7N5S2/c8-3-5-9-2-1-6(11-5)14-7-12-10-4-13-7/h1-2,4H,3,8H2. The normalized spacial score (nSPS) is 10.4. The van der Waals surface area contributed by atoms with Crippen LogP contribution in [0.25, 0.3) is 0 Å². The van der Waals surface area contributed by atoms with Crippen molar-refractivity contribution < 1.29 is 0 Å². The average Bonchev–Trinajstić information content (AvgIpc) is 2.71. The third-order valence-corrected chi connectivity index (χ3v) is 3.11. The number of hydrogen-bond donors (Lipinski definition) is 1. The van der Waals surface area contributed by atoms with Crippen LogP contribution < -0.4 is 5.73 Å². The Balaban J connectivity index is 2.17. The van der Waals surface area contributed by atoms with Gasteiger partial charge in [-0.1, -0.05) is 11.3 Å². The van der Waals surface area contributed by atoms with Crippen molar-refractivity contribution in [1.82, 2.24) is 20.2 Å². The van der Waals surface area contributed by atoms with Crippen molar-refractivity contribution >= 4 is 23.1 Å². The zero-order valence-corrected chi connectivity index (χ0v) is 8.75. The highest BCUT2D eigenvalue weighted by Crippen LogP contribution is 2.26. The zero-order valence-electron chi connectivity index (χ0n) is 7.12. The summed E-state index contributed by atoms with van der Waals surface area (Å²) < 4.78 is 0.867. The van der Waals surface area contributed by atoms with Crippen LogP contribution in [0.3, 0.4) is 0 Å². The van der Waals surface area contributed by atoms with Gasteiger partial charge < -0.3 is 5.73 Å². The van der Waals surface area contributed by atoms with Crippen molar-refractivity contribution in [3.8, 4) is 0 Å². The molecule has 2 aromatic rings. The Kier molecular flexibility index (Phi) is 3.02. The predicted molar refractivity (Wildman–Crippen MR) is 54.0 cm³/mol. The van der Waals surface area contributed by atoms with Crippen LogP contribution in [0.4, 0.5) is 0 Å². The van der Waals surface area contributed by atoms with Crippen LogP contribution >= 0.6 is 23.1 Å². The molecule has 0 saturated heterocycles. The molecule has 0 aliphatic rings. The van der Waals surface area contributed by atoms with Crippen LogP contribution in [0.15, 0.2) is 27.1 Å². The van der Waals surface area contributed by atoms with E-state index in [-0.39, 0.29) is 0 Å². The lowest BCUT2D eigenvalue weighted by molar-refractivity contribution is 0.865. The van der Waals surface area contributed by atoms with E-state index in [9.17, 15) is 0 Å². The summed E-state index contributed by atoms with van der Waals surface area (Å²) in [6.07, 6.45) is 1.69. The molecule has 14 heavy (non-hydrogen) atoms. The SMILES string of the molecule is NCc1nccc(Sc2nncs2)n1. The molecule has 2 aromatic heterocycles. The summed E-state index contributed by atoms with van der Waals surface area (Å²) in [4.78, 5) is 8.24. The van der Waals surface area contributed by atoms with Crippen molar-refractivity contribution in [3.63, 3.8) is 0 Å². The Bertz CT molecular complexity index is 402. The summed E-state index contributed by atoms with van der Waals surface area (Å²) in [5.74, 6) is 0.638. The molecule has 0 bridgehead atoms. The van der Waals surface area contributed by atoms with Crippen LogP contribution in [-0.2, 0) is 6.54 Å². The maximum absolute atomic E-state index is 5.43. The van der Waals surface area contributed by atoms with Crippen molar-refractivity contribution in [2.45, 2.75) is 15.9 Å². The lowest BCUT2D eigenvalue weighted by Crippen LogP contribution is -2.02. The highest BCUT2D eigenvalue weighted by atomic mass is 32.2. The van der Waals surface area contributed by atoms with Crippen LogP contribution in [0, 0.1) is 0 Å². The fraction of sp³-hybridized carbons (Fsp3) is 0.143. The molecule has 0 aliphatic carbocycles. The van der Waals surface area contributed by atoms with Crippen molar-refractivity contribution in [2.75, 3.05) is 0 Å². The van der Waals surface area contributed by atoms with Crippen LogP contribution in [0.2, 0.25) is 0 Å². The summed E-state index contributed by atoms with van der Waals surface area (Å²) in [5, 5.41) is 8.49. The van der Waals surface area contributed by atoms with Gasteiger partial charge in [-0.25, -0.2) is 9.97 Å². The van der Waals surface area contributed by atoms with Gasteiger partial charge in [-0.05, 0) is 17.8 Å². The molecule has 0 saturated carbocycles. The molecular formula is C7H7N5S2. The fourth-order valence-electron chi connectivity index (χ4n) is 0.832. The zero-order chi connectivity index (χ0) is 9.80. The second-order valence-corrected chi connectivity index (χ2v) is 4.42. The minimum Gasteiger partial charge on any atom is -0.324 e. The van der Waals surface area contributed by atoms with Crippen LogP contribution in [0.1, 0.15) is 5.82 Å². The van der Waals surface area contributed by atoms with Crippen LogP contribution in [0.5, 0.6) is 0 Å². The van der Waals surface area contributed by atoms with E-state index in [0.717, 1.165) is 9.37 Å². The van der Waals surface area contributed by atoms with Crippen LogP contribution in [-0.4, -0.2) is 20.2 Å². The van der Waals surface area contributed by atoms with Gasteiger partial charge in [0.15, 0.2) is 4.34 Å². The van der Waals surface area contributed by atoms with E-state index in [4.69, 9.17) is 5.73 Å². The molecule has 0 radical (unpaired) electrons. The number of aromatic nitrogens is 4. The van der Waals surface area contributed by atoms with E-state index in [1.54, 1.807) is 11.7 Å². The Morgan fingerprint density at radius 3 is 3.14 bits per heavy atom. The van der Waals surface area contributed by atoms with Gasteiger partial charge in [0, 0.05) is 6.20 Å². The van der Waals surface area contributed by atoms with E-state index >= 15 is 0 Å². The fourth-order valence-corrected chi connectivity index (χ4v) is 2.24. The Hall–Kier alpha value is -1.05. The molecule has 72 valence electrons. The first-order valence-corrected chi connectivity index (χ1v) is 5.54. The Morgan fingerprint density at radius 1 is 1.50 bits per heavy atom. The molecular weight excluding hydrogens is 218 g/mol. The molecule has 0 aliphatic heterocycles. The predicted octanol–water partition coefficient (Wildman–Crippen LogP) is 0.938. The Labute approximate surface area is 88.8 Å². The first kappa shape index (κ1) is 9.50. The molecule has 0 atom stereocenters. The molecule has 0 amide bonds. The minimum absolute atomic E-state index is 0.352. The van der Waals surface area contributed by atoms with Gasteiger partial charge >= 0.3 is 0 Å². The average molecular weight is 225 g/mol. The van der Waals surface area contributed by atoms with E-state index in [1.165, 1.54) is 23.1 Å². The first-order chi connectivity index (χ1) is 6.88. The monoisotopic (exact) mass is 225 g/mol. The highest BCUT2D eigenvalue weighted by molar-refractivity contribution is 8.00. The summed E-state index contributed by atoms with van der Waals surface area (Å²) in [5.41, 5.74) is 7.12. The van der Waals surface area contributed by atoms with Gasteiger partial charge in [0.2, 0.25) is 0 Å². The highest BCUT2D eigenvalue weighted by Gasteiger charge is 2.02. The maximum atomic E-state index is 5.43. The minimum atomic E-state index is 0.352. The number of rotatable bonds is 3. The lowest BCUT2D eigenvalue weighted by Gasteiger charge is -1.97. The van der Waals surface area contributed by atoms with Gasteiger partial charge in [-0.2, -0.15) is 0 Å². The summed E-state index contributed by atoms with van der Waals surface area (Å²) >= 11 is 2.94. The molecule has 0 fully saturated rings. The summed E-state index contributed by atoms with van der Waals surface area (Å²) in [7, 11) is 0. The molecule has 5 nitrogen and oxygen atoms in total. The van der Waals surface area contributed by atoms with Crippen molar-refractivity contribution in [2.24, 2.45) is 5.73 Å². The molecule has 7 heteroatoms. The third kappa shape index (κ3) is 2.25. The second-order valence-electron chi connectivity index (χ2n) is 2.32. The molecule has 2 N–H and O–H groups in total. The number of hydrogen-bond acceptors (Lipinski definition) is 7. The van der Waals surface area contributed by atoms with Gasteiger partial charge in [0.1, 0.15) is 16.4 Å². The first-order valence-electron chi connectivity index (χ1n) is 3.84. The molecule has 0 aromatic carbocycles. The van der Waals surface area contributed by atoms with Gasteiger partial charge in [-0.15, -0.1) is 10.2 Å². The number of nitrogens with two attached hydrogens (primary N) is 1. The molecule has 0 spiro atoms. The summed E-state index contributed by atoms with van der Waals surface area (Å²) in [6.45, 7) is 0.352. The van der Waals surface area contributed by atoms with Gasteiger partial charge in [0.25, 0.3) is 0 Å². The second kappa shape index (κ2) is 4.45. The summed E-state index contributed by atoms with van der Waals surface area (Å²) in [6, 6.07) is 1.82. The van der Waals surface area contributed by atoms with Crippen molar-refractivity contribution in [3.05, 3.63) is 23.6 Å². The topological polar surface area (TPSA) is 77.6 Å². The maximum Gasteiger partial charge on any atom is 0.180 e. The number of nitrogens with zero attached hydrogens (tertiary/aromatic N) is 4. The van der Waals surface area contributed by atoms with E-state index in [2.05, 4.69) is 20.2 Å². The van der Waals surface area contributed by atoms with Gasteiger partial charge in [0.05, 0.1) is 6.54 Å². The molecule has 2 rings (SSSR count). The van der Waals surface area contributed by atoms with E-state index < -0.39 is 0 Å².